The predicted octanol–water partition coefficient (Wildman–Crippen LogP) is 2.47. The first-order valence-electron chi connectivity index (χ1n) is 4.69. The van der Waals surface area contributed by atoms with Gasteiger partial charge in [-0.3, -0.25) is 0 Å². The Balaban J connectivity index is 2.60. The van der Waals surface area contributed by atoms with Crippen molar-refractivity contribution in [2.75, 3.05) is 0 Å². The lowest BCUT2D eigenvalue weighted by atomic mass is 10.2. The summed E-state index contributed by atoms with van der Waals surface area (Å²) in [5.41, 5.74) is 8.30. The van der Waals surface area contributed by atoms with Crippen LogP contribution in [0, 0.1) is 6.92 Å². The van der Waals surface area contributed by atoms with Crippen LogP contribution in [0.5, 0.6) is 0 Å². The predicted molar refractivity (Wildman–Crippen MR) is 69.2 cm³/mol. The molecule has 1 aromatic carbocycles. The van der Waals surface area contributed by atoms with E-state index in [1.807, 2.05) is 19.2 Å². The number of thiocarbonyl (C=S) groups is 1. The molecule has 0 aliphatic heterocycles. The minimum absolute atomic E-state index is 0.311. The van der Waals surface area contributed by atoms with Crippen LogP contribution in [0.15, 0.2) is 30.6 Å². The third-order valence-electron chi connectivity index (χ3n) is 2.18. The highest BCUT2D eigenvalue weighted by Gasteiger charge is 2.08. The SMILES string of the molecule is Cc1cnn(-c2ccc(Cl)cc2C(N)=S)c1. The monoisotopic (exact) mass is 251 g/mol. The van der Waals surface area contributed by atoms with Crippen molar-refractivity contribution in [1.82, 2.24) is 9.78 Å². The van der Waals surface area contributed by atoms with Gasteiger partial charge in [-0.25, -0.2) is 4.68 Å². The fourth-order valence-corrected chi connectivity index (χ4v) is 1.79. The quantitative estimate of drug-likeness (QED) is 0.834. The Bertz CT molecular complexity index is 548. The third kappa shape index (κ3) is 2.08. The Morgan fingerprint density at radius 2 is 2.25 bits per heavy atom. The average Bonchev–Trinajstić information content (AvgIpc) is 2.64. The molecule has 1 heterocycles. The second kappa shape index (κ2) is 4.23. The maximum atomic E-state index is 5.91. The normalized spacial score (nSPS) is 10.4. The lowest BCUT2D eigenvalue weighted by Gasteiger charge is -2.08. The summed E-state index contributed by atoms with van der Waals surface area (Å²) in [6, 6.07) is 5.38. The number of nitrogens with zero attached hydrogens (tertiary/aromatic N) is 2. The van der Waals surface area contributed by atoms with Gasteiger partial charge in [-0.05, 0) is 30.7 Å². The van der Waals surface area contributed by atoms with Crippen LogP contribution in [0.2, 0.25) is 5.02 Å². The summed E-state index contributed by atoms with van der Waals surface area (Å²) in [5.74, 6) is 0. The van der Waals surface area contributed by atoms with E-state index < -0.39 is 0 Å². The Hall–Kier alpha value is -1.39. The van der Waals surface area contributed by atoms with Crippen molar-refractivity contribution in [2.24, 2.45) is 5.73 Å². The topological polar surface area (TPSA) is 43.8 Å². The molecule has 0 amide bonds. The van der Waals surface area contributed by atoms with Gasteiger partial charge < -0.3 is 5.73 Å². The van der Waals surface area contributed by atoms with Gasteiger partial charge in [0, 0.05) is 16.8 Å². The molecule has 2 N–H and O–H groups in total. The van der Waals surface area contributed by atoms with Crippen LogP contribution in [-0.4, -0.2) is 14.8 Å². The van der Waals surface area contributed by atoms with Crippen LogP contribution >= 0.6 is 23.8 Å². The molecule has 2 rings (SSSR count). The number of aryl methyl sites for hydroxylation is 1. The van der Waals surface area contributed by atoms with Crippen molar-refractivity contribution in [2.45, 2.75) is 6.92 Å². The van der Waals surface area contributed by atoms with Crippen molar-refractivity contribution in [3.8, 4) is 5.69 Å². The molecule has 16 heavy (non-hydrogen) atoms. The van der Waals surface area contributed by atoms with E-state index in [0.29, 0.717) is 10.0 Å². The zero-order chi connectivity index (χ0) is 11.7. The summed E-state index contributed by atoms with van der Waals surface area (Å²) < 4.78 is 1.74. The van der Waals surface area contributed by atoms with Crippen LogP contribution in [0.4, 0.5) is 0 Å². The maximum absolute atomic E-state index is 5.91. The highest BCUT2D eigenvalue weighted by molar-refractivity contribution is 7.80. The number of halogens is 1. The Morgan fingerprint density at radius 3 is 2.81 bits per heavy atom. The second-order valence-electron chi connectivity index (χ2n) is 3.49. The first kappa shape index (κ1) is 11.1. The standard InChI is InChI=1S/C11H10ClN3S/c1-7-5-14-15(6-7)10-3-2-8(12)4-9(10)11(13)16/h2-6H,1H3,(H2,13,16). The Morgan fingerprint density at radius 1 is 1.50 bits per heavy atom. The van der Waals surface area contributed by atoms with Gasteiger partial charge in [-0.2, -0.15) is 5.10 Å². The van der Waals surface area contributed by atoms with Gasteiger partial charge in [0.2, 0.25) is 0 Å². The van der Waals surface area contributed by atoms with E-state index in [2.05, 4.69) is 5.10 Å². The Labute approximate surface area is 104 Å². The molecule has 0 fully saturated rings. The fourth-order valence-electron chi connectivity index (χ4n) is 1.45. The first-order valence-corrected chi connectivity index (χ1v) is 5.47. The number of hydrogen-bond donors (Lipinski definition) is 1. The van der Waals surface area contributed by atoms with Crippen LogP contribution in [0.25, 0.3) is 5.69 Å². The van der Waals surface area contributed by atoms with Gasteiger partial charge in [-0.1, -0.05) is 23.8 Å². The summed E-state index contributed by atoms with van der Waals surface area (Å²) in [6.45, 7) is 1.97. The molecule has 0 aliphatic rings. The molecule has 0 spiro atoms. The smallest absolute Gasteiger partial charge is 0.106 e. The molecule has 0 saturated heterocycles. The summed E-state index contributed by atoms with van der Waals surface area (Å²) in [7, 11) is 0. The van der Waals surface area contributed by atoms with E-state index in [-0.39, 0.29) is 0 Å². The number of hydrogen-bond acceptors (Lipinski definition) is 2. The van der Waals surface area contributed by atoms with E-state index in [1.54, 1.807) is 23.0 Å². The minimum atomic E-state index is 0.311. The van der Waals surface area contributed by atoms with Crippen molar-refractivity contribution >= 4 is 28.8 Å². The largest absolute Gasteiger partial charge is 0.389 e. The van der Waals surface area contributed by atoms with E-state index >= 15 is 0 Å². The fraction of sp³-hybridized carbons (Fsp3) is 0.0909. The number of aromatic nitrogens is 2. The van der Waals surface area contributed by atoms with Crippen LogP contribution < -0.4 is 5.73 Å². The van der Waals surface area contributed by atoms with Gasteiger partial charge in [0.15, 0.2) is 0 Å². The molecule has 0 atom stereocenters. The van der Waals surface area contributed by atoms with Crippen molar-refractivity contribution in [3.05, 3.63) is 46.7 Å². The van der Waals surface area contributed by atoms with E-state index in [4.69, 9.17) is 29.6 Å². The van der Waals surface area contributed by atoms with Gasteiger partial charge in [-0.15, -0.1) is 0 Å². The molecule has 1 aromatic heterocycles. The van der Waals surface area contributed by atoms with Gasteiger partial charge in [0.1, 0.15) is 4.99 Å². The molecule has 0 radical (unpaired) electrons. The van der Waals surface area contributed by atoms with Crippen molar-refractivity contribution in [3.63, 3.8) is 0 Å². The minimum Gasteiger partial charge on any atom is -0.389 e. The third-order valence-corrected chi connectivity index (χ3v) is 2.64. The van der Waals surface area contributed by atoms with E-state index in [0.717, 1.165) is 16.8 Å². The van der Waals surface area contributed by atoms with E-state index in [1.165, 1.54) is 0 Å². The Kier molecular flexibility index (Phi) is 2.94. The van der Waals surface area contributed by atoms with Crippen LogP contribution in [-0.2, 0) is 0 Å². The molecule has 0 saturated carbocycles. The molecule has 2 aromatic rings. The first-order chi connectivity index (χ1) is 7.58. The van der Waals surface area contributed by atoms with Crippen LogP contribution in [0.3, 0.4) is 0 Å². The van der Waals surface area contributed by atoms with E-state index in [9.17, 15) is 0 Å². The molecular weight excluding hydrogens is 242 g/mol. The van der Waals surface area contributed by atoms with Crippen molar-refractivity contribution < 1.29 is 0 Å². The molecule has 0 bridgehead atoms. The van der Waals surface area contributed by atoms with Gasteiger partial charge in [0.25, 0.3) is 0 Å². The lowest BCUT2D eigenvalue weighted by Crippen LogP contribution is -2.13. The summed E-state index contributed by atoms with van der Waals surface area (Å²) in [5, 5.41) is 4.82. The summed E-state index contributed by atoms with van der Waals surface area (Å²) >= 11 is 10.9. The average molecular weight is 252 g/mol. The highest BCUT2D eigenvalue weighted by atomic mass is 35.5. The zero-order valence-electron chi connectivity index (χ0n) is 8.64. The highest BCUT2D eigenvalue weighted by Crippen LogP contribution is 2.19. The number of benzene rings is 1. The molecule has 5 heteroatoms. The number of rotatable bonds is 2. The maximum Gasteiger partial charge on any atom is 0.106 e. The molecule has 0 aliphatic carbocycles. The number of nitrogens with two attached hydrogens (primary N) is 1. The summed E-state index contributed by atoms with van der Waals surface area (Å²) in [4.78, 5) is 0.311. The van der Waals surface area contributed by atoms with Crippen molar-refractivity contribution in [1.29, 1.82) is 0 Å². The molecule has 3 nitrogen and oxygen atoms in total. The van der Waals surface area contributed by atoms with Crippen LogP contribution in [0.1, 0.15) is 11.1 Å². The molecule has 0 unspecified atom stereocenters. The van der Waals surface area contributed by atoms with Gasteiger partial charge in [0.05, 0.1) is 11.9 Å². The zero-order valence-corrected chi connectivity index (χ0v) is 10.2. The van der Waals surface area contributed by atoms with Gasteiger partial charge >= 0.3 is 0 Å². The lowest BCUT2D eigenvalue weighted by molar-refractivity contribution is 0.878. The molecular formula is C11H10ClN3S. The molecule has 82 valence electrons. The second-order valence-corrected chi connectivity index (χ2v) is 4.36. The summed E-state index contributed by atoms with van der Waals surface area (Å²) in [6.07, 6.45) is 3.68.